The van der Waals surface area contributed by atoms with Gasteiger partial charge in [0, 0.05) is 0 Å². The van der Waals surface area contributed by atoms with Crippen molar-refractivity contribution < 1.29 is 33.0 Å². The number of rotatable bonds is 7. The molecule has 10 heteroatoms. The summed E-state index contributed by atoms with van der Waals surface area (Å²) in [5, 5.41) is 0. The van der Waals surface area contributed by atoms with Gasteiger partial charge in [-0.1, -0.05) is 31.6 Å². The monoisotopic (exact) mass is 354 g/mol. The molecule has 0 heterocycles. The van der Waals surface area contributed by atoms with Gasteiger partial charge in [0.1, 0.15) is 4.90 Å². The van der Waals surface area contributed by atoms with Crippen LogP contribution in [0.25, 0.3) is 0 Å². The summed E-state index contributed by atoms with van der Waals surface area (Å²) in [5.74, 6) is 0. The largest absolute Gasteiger partial charge is 0.335 e. The van der Waals surface area contributed by atoms with Crippen LogP contribution in [0.3, 0.4) is 0 Å². The Balaban J connectivity index is 3.15. The van der Waals surface area contributed by atoms with Crippen molar-refractivity contribution in [3.8, 4) is 0 Å². The third kappa shape index (κ3) is 5.58. The van der Waals surface area contributed by atoms with Crippen molar-refractivity contribution >= 4 is 17.8 Å². The molecule has 124 valence electrons. The van der Waals surface area contributed by atoms with Gasteiger partial charge in [-0.3, -0.25) is 4.57 Å². The maximum absolute atomic E-state index is 12.7. The van der Waals surface area contributed by atoms with Gasteiger partial charge >= 0.3 is 17.8 Å². The van der Waals surface area contributed by atoms with Gasteiger partial charge < -0.3 is 9.05 Å². The van der Waals surface area contributed by atoms with E-state index in [4.69, 9.17) is 9.05 Å². The highest BCUT2D eigenvalue weighted by Gasteiger charge is 2.65. The van der Waals surface area contributed by atoms with E-state index in [9.17, 15) is 24.0 Å². The van der Waals surface area contributed by atoms with Crippen LogP contribution in [0.1, 0.15) is 19.4 Å². The summed E-state index contributed by atoms with van der Waals surface area (Å²) < 4.78 is 85.7. The lowest BCUT2D eigenvalue weighted by Crippen LogP contribution is -2.07. The van der Waals surface area contributed by atoms with Gasteiger partial charge in [0.2, 0.25) is 0 Å². The van der Waals surface area contributed by atoms with E-state index < -0.39 is 28.9 Å². The van der Waals surface area contributed by atoms with Crippen LogP contribution in [-0.4, -0.2) is 13.2 Å². The molecule has 3 nitrogen and oxygen atoms in total. The first kappa shape index (κ1) is 18.4. The van der Waals surface area contributed by atoms with E-state index in [0.717, 1.165) is 12.1 Å². The van der Waals surface area contributed by atoms with Gasteiger partial charge in [-0.2, -0.15) is 0 Å². The SMILES string of the molecule is CCOP(=O)(Cc1cccc(S(F)(F)(F)(F)F)c1)OCC. The smallest absolute Gasteiger partial charge is 0.309 e. The first-order valence-electron chi connectivity index (χ1n) is 6.01. The average molecular weight is 354 g/mol. The molecule has 1 aromatic carbocycles. The Morgan fingerprint density at radius 3 is 2.00 bits per heavy atom. The lowest BCUT2D eigenvalue weighted by molar-refractivity contribution is 0.219. The fraction of sp³-hybridized carbons (Fsp3) is 0.455. The summed E-state index contributed by atoms with van der Waals surface area (Å²) in [6, 6.07) is 2.58. The highest BCUT2D eigenvalue weighted by Crippen LogP contribution is 3.02. The molecule has 0 bridgehead atoms. The van der Waals surface area contributed by atoms with Crippen LogP contribution < -0.4 is 0 Å². The van der Waals surface area contributed by atoms with Crippen LogP contribution in [-0.2, 0) is 19.8 Å². The Hall–Kier alpha value is -0.630. The normalized spacial score (nSPS) is 16.3. The minimum Gasteiger partial charge on any atom is -0.309 e. The molecule has 0 radical (unpaired) electrons. The molecule has 0 aliphatic rings. The fourth-order valence-corrected chi connectivity index (χ4v) is 4.03. The average Bonchev–Trinajstić information content (AvgIpc) is 2.26. The van der Waals surface area contributed by atoms with Crippen molar-refractivity contribution in [1.29, 1.82) is 0 Å². The molecule has 0 aliphatic carbocycles. The van der Waals surface area contributed by atoms with Crippen molar-refractivity contribution in [2.24, 2.45) is 0 Å². The van der Waals surface area contributed by atoms with Crippen molar-refractivity contribution in [3.63, 3.8) is 0 Å². The molecule has 0 N–H and O–H groups in total. The van der Waals surface area contributed by atoms with E-state index in [1.807, 2.05) is 0 Å². The predicted octanol–water partition coefficient (Wildman–Crippen LogP) is 6.11. The Kier molecular flexibility index (Phi) is 4.58. The van der Waals surface area contributed by atoms with E-state index in [-0.39, 0.29) is 30.9 Å². The minimum atomic E-state index is -9.76. The van der Waals surface area contributed by atoms with Crippen LogP contribution in [0.5, 0.6) is 0 Å². The summed E-state index contributed by atoms with van der Waals surface area (Å²) in [6.07, 6.45) is -0.504. The molecule has 1 rings (SSSR count). The number of halogens is 5. The van der Waals surface area contributed by atoms with Gasteiger partial charge in [-0.15, -0.1) is 0 Å². The van der Waals surface area contributed by atoms with Crippen LogP contribution >= 0.6 is 17.8 Å². The van der Waals surface area contributed by atoms with Crippen molar-refractivity contribution in [3.05, 3.63) is 29.8 Å². The fourth-order valence-electron chi connectivity index (χ4n) is 1.63. The summed E-state index contributed by atoms with van der Waals surface area (Å²) in [5.41, 5.74) is -0.189. The zero-order valence-corrected chi connectivity index (χ0v) is 13.1. The minimum absolute atomic E-state index is 0.0263. The van der Waals surface area contributed by atoms with Crippen LogP contribution in [0.4, 0.5) is 19.4 Å². The van der Waals surface area contributed by atoms with Gasteiger partial charge in [-0.25, -0.2) is 0 Å². The molecule has 0 spiro atoms. The summed E-state index contributed by atoms with van der Waals surface area (Å²) in [6.45, 7) is 3.13. The maximum Gasteiger partial charge on any atom is 0.335 e. The van der Waals surface area contributed by atoms with Crippen molar-refractivity contribution in [1.82, 2.24) is 0 Å². The lowest BCUT2D eigenvalue weighted by atomic mass is 10.2. The molecular formula is C11H16F5O3PS. The van der Waals surface area contributed by atoms with E-state index >= 15 is 0 Å². The molecule has 1 aromatic rings. The Bertz CT molecular complexity index is 550. The number of hydrogen-bond acceptors (Lipinski definition) is 3. The molecular weight excluding hydrogens is 338 g/mol. The Labute approximate surface area is 119 Å². The molecule has 0 saturated heterocycles. The molecule has 0 unspecified atom stereocenters. The second kappa shape index (κ2) is 5.22. The van der Waals surface area contributed by atoms with Gasteiger partial charge in [0.15, 0.2) is 0 Å². The quantitative estimate of drug-likeness (QED) is 0.438. The first-order chi connectivity index (χ1) is 9.29. The second-order valence-electron chi connectivity index (χ2n) is 4.22. The Morgan fingerprint density at radius 2 is 1.57 bits per heavy atom. The maximum atomic E-state index is 12.7. The summed E-state index contributed by atoms with van der Waals surface area (Å²) >= 11 is 0. The third-order valence-electron chi connectivity index (χ3n) is 2.37. The number of benzene rings is 1. The van der Waals surface area contributed by atoms with Gasteiger partial charge in [-0.05, 0) is 31.5 Å². The number of hydrogen-bond donors (Lipinski definition) is 0. The molecule has 0 saturated carbocycles. The third-order valence-corrected chi connectivity index (χ3v) is 5.57. The molecule has 21 heavy (non-hydrogen) atoms. The van der Waals surface area contributed by atoms with Crippen LogP contribution in [0, 0.1) is 0 Å². The van der Waals surface area contributed by atoms with Crippen molar-refractivity contribution in [2.45, 2.75) is 24.9 Å². The standard InChI is InChI=1S/C11H16F5O3PS/c1-3-18-20(17,19-4-2)9-10-6-5-7-11(8-10)21(12,13,14,15)16/h5-8H,3-4,9H2,1-2H3. The van der Waals surface area contributed by atoms with Gasteiger partial charge in [0.25, 0.3) is 0 Å². The van der Waals surface area contributed by atoms with E-state index in [0.29, 0.717) is 0 Å². The first-order valence-corrected chi connectivity index (χ1v) is 9.69. The van der Waals surface area contributed by atoms with Crippen molar-refractivity contribution in [2.75, 3.05) is 13.2 Å². The summed E-state index contributed by atoms with van der Waals surface area (Å²) in [7, 11) is -13.4. The molecule has 0 fully saturated rings. The van der Waals surface area contributed by atoms with E-state index in [1.54, 1.807) is 0 Å². The molecule has 0 aliphatic heterocycles. The zero-order chi connectivity index (χ0) is 16.4. The van der Waals surface area contributed by atoms with Crippen LogP contribution in [0.2, 0.25) is 0 Å². The second-order valence-corrected chi connectivity index (χ2v) is 8.68. The Morgan fingerprint density at radius 1 is 1.05 bits per heavy atom. The highest BCUT2D eigenvalue weighted by molar-refractivity contribution is 8.45. The molecule has 0 amide bonds. The topological polar surface area (TPSA) is 35.5 Å². The van der Waals surface area contributed by atoms with Crippen LogP contribution in [0.15, 0.2) is 29.2 Å². The zero-order valence-electron chi connectivity index (χ0n) is 11.4. The lowest BCUT2D eigenvalue weighted by Gasteiger charge is -2.40. The predicted molar refractivity (Wildman–Crippen MR) is 72.4 cm³/mol. The summed E-state index contributed by atoms with van der Waals surface area (Å²) in [4.78, 5) is -2.02. The molecule has 0 aromatic heterocycles. The molecule has 0 atom stereocenters. The van der Waals surface area contributed by atoms with E-state index in [1.165, 1.54) is 13.8 Å². The van der Waals surface area contributed by atoms with Gasteiger partial charge in [0.05, 0.1) is 19.4 Å². The van der Waals surface area contributed by atoms with E-state index in [2.05, 4.69) is 0 Å². The highest BCUT2D eigenvalue weighted by atomic mass is 32.5.